The first-order valence-corrected chi connectivity index (χ1v) is 8.96. The second kappa shape index (κ2) is 8.46. The molecule has 7 heteroatoms. The van der Waals surface area contributed by atoms with Crippen LogP contribution in [0.2, 0.25) is 0 Å². The maximum Gasteiger partial charge on any atom is 0.326 e. The van der Waals surface area contributed by atoms with E-state index in [-0.39, 0.29) is 4.32 Å². The topological polar surface area (TPSA) is 57.6 Å². The highest BCUT2D eigenvalue weighted by atomic mass is 35.5. The first kappa shape index (κ1) is 18.7. The lowest BCUT2D eigenvalue weighted by molar-refractivity contribution is -0.145. The van der Waals surface area contributed by atoms with Crippen LogP contribution in [0.4, 0.5) is 0 Å². The van der Waals surface area contributed by atoms with Crippen molar-refractivity contribution in [2.24, 2.45) is 0 Å². The van der Waals surface area contributed by atoms with Crippen LogP contribution in [-0.2, 0) is 9.59 Å². The molecule has 1 fully saturated rings. The van der Waals surface area contributed by atoms with Crippen molar-refractivity contribution in [2.45, 2.75) is 25.8 Å². The molecule has 126 valence electrons. The van der Waals surface area contributed by atoms with Gasteiger partial charge in [-0.3, -0.25) is 9.69 Å². The summed E-state index contributed by atoms with van der Waals surface area (Å²) in [5.74, 6) is -1.47. The molecule has 0 aromatic heterocycles. The number of carbonyl (C=O) groups is 2. The fourth-order valence-electron chi connectivity index (χ4n) is 2.26. The third kappa shape index (κ3) is 4.47. The summed E-state index contributed by atoms with van der Waals surface area (Å²) in [6.45, 7) is 1.86. The Kier molecular flexibility index (Phi) is 6.60. The van der Waals surface area contributed by atoms with Gasteiger partial charge in [0.05, 0.1) is 4.91 Å². The lowest BCUT2D eigenvalue weighted by Gasteiger charge is -2.22. The first-order valence-electron chi connectivity index (χ1n) is 7.36. The summed E-state index contributed by atoms with van der Waals surface area (Å²) in [6.07, 6.45) is 4.25. The van der Waals surface area contributed by atoms with Crippen molar-refractivity contribution in [1.29, 1.82) is 0 Å². The first-order chi connectivity index (χ1) is 11.4. The predicted octanol–water partition coefficient (Wildman–Crippen LogP) is 4.26. The number of carbonyl (C=O) groups excluding carboxylic acids is 1. The molecule has 1 N–H and O–H groups in total. The van der Waals surface area contributed by atoms with E-state index in [1.165, 1.54) is 11.0 Å². The normalized spacial score (nSPS) is 18.3. The van der Waals surface area contributed by atoms with Gasteiger partial charge in [-0.15, -0.1) is 0 Å². The third-order valence-electron chi connectivity index (χ3n) is 3.36. The third-order valence-corrected chi connectivity index (χ3v) is 4.90. The monoisotopic (exact) mass is 381 g/mol. The van der Waals surface area contributed by atoms with Crippen LogP contribution in [0.1, 0.15) is 25.3 Å². The van der Waals surface area contributed by atoms with Gasteiger partial charge in [-0.25, -0.2) is 4.79 Å². The average molecular weight is 382 g/mol. The van der Waals surface area contributed by atoms with Gasteiger partial charge in [-0.2, -0.15) is 0 Å². The number of amides is 1. The standard InChI is InChI=1S/C17H16ClNO3S2/c1-2-6-13(16(21)22)19-15(20)14(24-17(19)23)10-12(18)9-11-7-4-3-5-8-11/h3-5,7-10,13H,2,6H2,1H3,(H,21,22)/b12-9-,14-10-. The molecule has 1 atom stereocenters. The smallest absolute Gasteiger partial charge is 0.326 e. The Balaban J connectivity index is 2.24. The second-order valence-corrected chi connectivity index (χ2v) is 7.25. The van der Waals surface area contributed by atoms with Crippen molar-refractivity contribution < 1.29 is 14.7 Å². The zero-order valence-corrected chi connectivity index (χ0v) is 15.3. The van der Waals surface area contributed by atoms with Gasteiger partial charge in [0.25, 0.3) is 5.91 Å². The number of thioether (sulfide) groups is 1. The van der Waals surface area contributed by atoms with E-state index in [0.29, 0.717) is 22.8 Å². The van der Waals surface area contributed by atoms with Gasteiger partial charge in [0.1, 0.15) is 10.4 Å². The fraction of sp³-hybridized carbons (Fsp3) is 0.235. The highest BCUT2D eigenvalue weighted by molar-refractivity contribution is 8.26. The summed E-state index contributed by atoms with van der Waals surface area (Å²) in [5, 5.41) is 9.72. The van der Waals surface area contributed by atoms with Crippen LogP contribution < -0.4 is 0 Å². The molecular formula is C17H16ClNO3S2. The lowest BCUT2D eigenvalue weighted by atomic mass is 10.1. The molecule has 1 aromatic carbocycles. The number of hydrogen-bond acceptors (Lipinski definition) is 4. The number of aliphatic carboxylic acids is 1. The number of carboxylic acid groups (broad SMARTS) is 1. The van der Waals surface area contributed by atoms with E-state index in [1.807, 2.05) is 37.3 Å². The van der Waals surface area contributed by atoms with Crippen LogP contribution in [0.3, 0.4) is 0 Å². The minimum atomic E-state index is -1.06. The molecule has 1 amide bonds. The summed E-state index contributed by atoms with van der Waals surface area (Å²) >= 11 is 12.5. The van der Waals surface area contributed by atoms with Crippen molar-refractivity contribution >= 4 is 57.9 Å². The van der Waals surface area contributed by atoms with Gasteiger partial charge >= 0.3 is 5.97 Å². The van der Waals surface area contributed by atoms with Crippen molar-refractivity contribution in [3.8, 4) is 0 Å². The van der Waals surface area contributed by atoms with Gasteiger partial charge in [0.2, 0.25) is 0 Å². The quantitative estimate of drug-likeness (QED) is 0.589. The van der Waals surface area contributed by atoms with Crippen LogP contribution in [0.15, 0.2) is 46.3 Å². The van der Waals surface area contributed by atoms with Crippen molar-refractivity contribution in [3.05, 3.63) is 51.9 Å². The molecule has 0 saturated carbocycles. The molecule has 0 spiro atoms. The Bertz CT molecular complexity index is 716. The zero-order valence-electron chi connectivity index (χ0n) is 12.9. The molecular weight excluding hydrogens is 366 g/mol. The molecule has 4 nitrogen and oxygen atoms in total. The van der Waals surface area contributed by atoms with E-state index in [9.17, 15) is 14.7 Å². The van der Waals surface area contributed by atoms with E-state index < -0.39 is 17.9 Å². The van der Waals surface area contributed by atoms with Crippen LogP contribution in [-0.4, -0.2) is 32.2 Å². The molecule has 0 bridgehead atoms. The predicted molar refractivity (Wildman–Crippen MR) is 102 cm³/mol. The number of thiocarbonyl (C=S) groups is 1. The van der Waals surface area contributed by atoms with E-state index >= 15 is 0 Å². The molecule has 1 unspecified atom stereocenters. The molecule has 0 radical (unpaired) electrons. The number of halogens is 1. The van der Waals surface area contributed by atoms with Gasteiger partial charge in [0.15, 0.2) is 0 Å². The molecule has 1 aliphatic heterocycles. The van der Waals surface area contributed by atoms with Crippen molar-refractivity contribution in [1.82, 2.24) is 4.90 Å². The Hall–Kier alpha value is -1.63. The number of benzene rings is 1. The van der Waals surface area contributed by atoms with Crippen LogP contribution in [0, 0.1) is 0 Å². The summed E-state index contributed by atoms with van der Waals surface area (Å²) < 4.78 is 0.247. The largest absolute Gasteiger partial charge is 0.480 e. The van der Waals surface area contributed by atoms with Gasteiger partial charge in [-0.05, 0) is 24.1 Å². The zero-order chi connectivity index (χ0) is 17.7. The van der Waals surface area contributed by atoms with Gasteiger partial charge < -0.3 is 5.11 Å². The van der Waals surface area contributed by atoms with Crippen molar-refractivity contribution in [2.75, 3.05) is 0 Å². The minimum Gasteiger partial charge on any atom is -0.480 e. The van der Waals surface area contributed by atoms with E-state index in [4.69, 9.17) is 23.8 Å². The van der Waals surface area contributed by atoms with Crippen LogP contribution in [0.25, 0.3) is 6.08 Å². The number of hydrogen-bond donors (Lipinski definition) is 1. The minimum absolute atomic E-state index is 0.247. The molecule has 0 aliphatic carbocycles. The molecule has 2 rings (SSSR count). The lowest BCUT2D eigenvalue weighted by Crippen LogP contribution is -2.43. The molecule has 1 aromatic rings. The number of nitrogens with zero attached hydrogens (tertiary/aromatic N) is 1. The van der Waals surface area contributed by atoms with E-state index in [1.54, 1.807) is 6.08 Å². The highest BCUT2D eigenvalue weighted by Gasteiger charge is 2.39. The highest BCUT2D eigenvalue weighted by Crippen LogP contribution is 2.35. The Morgan fingerprint density at radius 3 is 2.67 bits per heavy atom. The van der Waals surface area contributed by atoms with Crippen molar-refractivity contribution in [3.63, 3.8) is 0 Å². The van der Waals surface area contributed by atoms with Gasteiger partial charge in [0, 0.05) is 5.03 Å². The second-order valence-electron chi connectivity index (χ2n) is 5.13. The summed E-state index contributed by atoms with van der Waals surface area (Å²) in [5.41, 5.74) is 0.906. The van der Waals surface area contributed by atoms with Crippen LogP contribution >= 0.6 is 35.6 Å². The molecule has 1 heterocycles. The molecule has 1 saturated heterocycles. The Morgan fingerprint density at radius 1 is 1.42 bits per heavy atom. The molecule has 24 heavy (non-hydrogen) atoms. The van der Waals surface area contributed by atoms with E-state index in [2.05, 4.69) is 0 Å². The summed E-state index contributed by atoms with van der Waals surface area (Å²) in [7, 11) is 0. The number of rotatable bonds is 6. The summed E-state index contributed by atoms with van der Waals surface area (Å²) in [4.78, 5) is 25.4. The molecule has 1 aliphatic rings. The maximum atomic E-state index is 12.5. The number of carboxylic acids is 1. The Morgan fingerprint density at radius 2 is 2.08 bits per heavy atom. The Labute approximate surface area is 155 Å². The fourth-order valence-corrected chi connectivity index (χ4v) is 3.91. The van der Waals surface area contributed by atoms with Gasteiger partial charge in [-0.1, -0.05) is 79.3 Å². The van der Waals surface area contributed by atoms with E-state index in [0.717, 1.165) is 17.3 Å². The maximum absolute atomic E-state index is 12.5. The summed E-state index contributed by atoms with van der Waals surface area (Å²) in [6, 6.07) is 8.52. The van der Waals surface area contributed by atoms with Crippen LogP contribution in [0.5, 0.6) is 0 Å². The average Bonchev–Trinajstić information content (AvgIpc) is 2.80. The number of allylic oxidation sites excluding steroid dienone is 2. The SMILES string of the molecule is CCCC(C(=O)O)N1C(=O)/C(=C/C(Cl)=C/c2ccccc2)SC1=S.